The molecule has 0 radical (unpaired) electrons. The van der Waals surface area contributed by atoms with Gasteiger partial charge in [-0.1, -0.05) is 6.92 Å². The van der Waals surface area contributed by atoms with Crippen LogP contribution in [0, 0.1) is 11.3 Å². The van der Waals surface area contributed by atoms with Crippen molar-refractivity contribution < 1.29 is 4.74 Å². The van der Waals surface area contributed by atoms with Crippen molar-refractivity contribution in [2.75, 3.05) is 13.2 Å². The average molecular weight is 183 g/mol. The van der Waals surface area contributed by atoms with Crippen molar-refractivity contribution in [2.24, 2.45) is 5.92 Å². The predicted octanol–water partition coefficient (Wildman–Crippen LogP) is 2.82. The molecule has 74 valence electrons. The molecule has 0 aromatic heterocycles. The van der Waals surface area contributed by atoms with Crippen LogP contribution in [0.5, 0.6) is 0 Å². The first kappa shape index (κ1) is 10.5. The Morgan fingerprint density at radius 3 is 2.54 bits per heavy atom. The van der Waals surface area contributed by atoms with Crippen molar-refractivity contribution in [3.8, 4) is 0 Å². The summed E-state index contributed by atoms with van der Waals surface area (Å²) in [5.41, 5.74) is 0. The largest absolute Gasteiger partial charge is 0.378 e. The Kier molecular flexibility index (Phi) is 4.77. The van der Waals surface area contributed by atoms with Gasteiger partial charge in [0.2, 0.25) is 5.39 Å². The molecule has 0 unspecified atom stereocenters. The molecule has 0 heterocycles. The summed E-state index contributed by atoms with van der Waals surface area (Å²) in [4.78, 5) is 3.21. The second-order valence-electron chi connectivity index (χ2n) is 3.84. The summed E-state index contributed by atoms with van der Waals surface area (Å²) in [7, 11) is 0. The highest BCUT2D eigenvalue weighted by Crippen LogP contribution is 2.26. The van der Waals surface area contributed by atoms with Gasteiger partial charge in [-0.05, 0) is 32.1 Å². The van der Waals surface area contributed by atoms with Crippen molar-refractivity contribution in [1.82, 2.24) is 0 Å². The van der Waals surface area contributed by atoms with E-state index >= 15 is 0 Å². The van der Waals surface area contributed by atoms with Crippen molar-refractivity contribution in [3.63, 3.8) is 0 Å². The van der Waals surface area contributed by atoms with Gasteiger partial charge in [-0.15, -0.1) is 0 Å². The number of diazo groups is 1. The quantitative estimate of drug-likeness (QED) is 0.628. The Labute approximate surface area is 80.1 Å². The summed E-state index contributed by atoms with van der Waals surface area (Å²) < 4.78 is 5.67. The summed E-state index contributed by atoms with van der Waals surface area (Å²) in [5.74, 6) is 0.589. The molecule has 0 aromatic carbocycles. The summed E-state index contributed by atoms with van der Waals surface area (Å²) in [6.07, 6.45) is 6.15. The number of hydrogen-bond acceptors (Lipinski definition) is 2. The van der Waals surface area contributed by atoms with E-state index in [2.05, 4.69) is 11.9 Å². The zero-order valence-electron chi connectivity index (χ0n) is 8.41. The van der Waals surface area contributed by atoms with Gasteiger partial charge in [-0.3, -0.25) is 0 Å². The van der Waals surface area contributed by atoms with Crippen molar-refractivity contribution in [1.29, 1.82) is 5.39 Å². The molecule has 0 spiro atoms. The lowest BCUT2D eigenvalue weighted by atomic mass is 9.87. The van der Waals surface area contributed by atoms with E-state index < -0.39 is 0 Å². The molecule has 3 nitrogen and oxygen atoms in total. The van der Waals surface area contributed by atoms with Crippen LogP contribution in [0.15, 0.2) is 0 Å². The van der Waals surface area contributed by atoms with E-state index in [0.29, 0.717) is 18.6 Å². The molecular weight excluding hydrogens is 164 g/mol. The van der Waals surface area contributed by atoms with Crippen molar-refractivity contribution in [3.05, 3.63) is 4.98 Å². The van der Waals surface area contributed by atoms with Gasteiger partial charge in [-0.25, -0.2) is 0 Å². The molecule has 1 aliphatic rings. The summed E-state index contributed by atoms with van der Waals surface area (Å²) >= 11 is 0. The lowest BCUT2D eigenvalue weighted by molar-refractivity contribution is 0.0200. The van der Waals surface area contributed by atoms with Crippen molar-refractivity contribution in [2.45, 2.75) is 45.1 Å². The van der Waals surface area contributed by atoms with Crippen LogP contribution in [-0.2, 0) is 4.74 Å². The number of ether oxygens (including phenoxy) is 1. The van der Waals surface area contributed by atoms with Gasteiger partial charge in [-0.2, -0.15) is 0 Å². The molecule has 1 rings (SSSR count). The number of rotatable bonds is 4. The van der Waals surface area contributed by atoms with Crippen LogP contribution in [0.25, 0.3) is 4.98 Å². The van der Waals surface area contributed by atoms with Crippen LogP contribution < -0.4 is 0 Å². The molecule has 1 aliphatic carbocycles. The zero-order valence-corrected chi connectivity index (χ0v) is 8.41. The molecule has 0 N–H and O–H groups in total. The Hall–Kier alpha value is -0.620. The van der Waals surface area contributed by atoms with Crippen LogP contribution in [0.2, 0.25) is 0 Å². The Morgan fingerprint density at radius 2 is 2.00 bits per heavy atom. The van der Waals surface area contributed by atoms with Gasteiger partial charge < -0.3 is 4.74 Å². The molecule has 0 atom stereocenters. The fraction of sp³-hybridized carbons (Fsp3) is 1.00. The highest BCUT2D eigenvalue weighted by Gasteiger charge is 2.24. The van der Waals surface area contributed by atoms with Crippen LogP contribution >= 0.6 is 0 Å². The Balaban J connectivity index is 2.12. The van der Waals surface area contributed by atoms with Crippen LogP contribution in [0.1, 0.15) is 39.0 Å². The van der Waals surface area contributed by atoms with Gasteiger partial charge in [0, 0.05) is 12.5 Å². The standard InChI is InChI=1S/C10H19N2O/c1-2-7-13-10-5-3-9(4-6-10)8-12-11/h9-10H,2-8H2,1H3/q+1. The lowest BCUT2D eigenvalue weighted by Gasteiger charge is -2.24. The second kappa shape index (κ2) is 5.93. The maximum atomic E-state index is 8.42. The van der Waals surface area contributed by atoms with Crippen LogP contribution in [0.4, 0.5) is 0 Å². The monoisotopic (exact) mass is 183 g/mol. The third kappa shape index (κ3) is 3.73. The molecule has 1 fully saturated rings. The minimum absolute atomic E-state index is 0.467. The smallest absolute Gasteiger partial charge is 0.308 e. The molecule has 3 heteroatoms. The van der Waals surface area contributed by atoms with Crippen LogP contribution in [-0.4, -0.2) is 19.3 Å². The molecule has 1 saturated carbocycles. The summed E-state index contributed by atoms with van der Waals surface area (Å²) in [6, 6.07) is 0. The SMILES string of the molecule is CCCOC1CCC(C[N+]#N)CC1. The molecule has 0 saturated heterocycles. The third-order valence-electron chi connectivity index (χ3n) is 2.69. The first-order chi connectivity index (χ1) is 6.36. The fourth-order valence-corrected chi connectivity index (χ4v) is 1.88. The van der Waals surface area contributed by atoms with Crippen molar-refractivity contribution >= 4 is 0 Å². The minimum atomic E-state index is 0.467. The molecule has 0 aromatic rings. The highest BCUT2D eigenvalue weighted by atomic mass is 16.5. The van der Waals surface area contributed by atoms with Gasteiger partial charge in [0.25, 0.3) is 0 Å². The topological polar surface area (TPSA) is 37.4 Å². The maximum Gasteiger partial charge on any atom is 0.308 e. The van der Waals surface area contributed by atoms with E-state index in [0.717, 1.165) is 38.7 Å². The van der Waals surface area contributed by atoms with E-state index in [9.17, 15) is 0 Å². The predicted molar refractivity (Wildman–Crippen MR) is 51.9 cm³/mol. The Morgan fingerprint density at radius 1 is 1.31 bits per heavy atom. The molecule has 13 heavy (non-hydrogen) atoms. The summed E-state index contributed by atoms with van der Waals surface area (Å²) in [6.45, 7) is 3.64. The summed E-state index contributed by atoms with van der Waals surface area (Å²) in [5, 5.41) is 8.42. The van der Waals surface area contributed by atoms with Gasteiger partial charge >= 0.3 is 6.54 Å². The number of nitrogens with zero attached hydrogens (tertiary/aromatic N) is 2. The first-order valence-electron chi connectivity index (χ1n) is 5.29. The van der Waals surface area contributed by atoms with E-state index in [1.165, 1.54) is 0 Å². The molecule has 0 aliphatic heterocycles. The lowest BCUT2D eigenvalue weighted by Crippen LogP contribution is -2.23. The second-order valence-corrected chi connectivity index (χ2v) is 3.84. The normalized spacial score (nSPS) is 28.3. The van der Waals surface area contributed by atoms with Gasteiger partial charge in [0.1, 0.15) is 4.98 Å². The van der Waals surface area contributed by atoms with Gasteiger partial charge in [0.15, 0.2) is 0 Å². The molecular formula is C10H19N2O+. The third-order valence-corrected chi connectivity index (χ3v) is 2.69. The highest BCUT2D eigenvalue weighted by molar-refractivity contribution is 4.76. The first-order valence-corrected chi connectivity index (χ1v) is 5.29. The average Bonchev–Trinajstić information content (AvgIpc) is 2.17. The van der Waals surface area contributed by atoms with E-state index in [1.54, 1.807) is 0 Å². The minimum Gasteiger partial charge on any atom is -0.378 e. The van der Waals surface area contributed by atoms with E-state index in [4.69, 9.17) is 10.1 Å². The Bertz CT molecular complexity index is 168. The fourth-order valence-electron chi connectivity index (χ4n) is 1.88. The van der Waals surface area contributed by atoms with E-state index in [1.807, 2.05) is 0 Å². The maximum absolute atomic E-state index is 8.42. The zero-order chi connectivity index (χ0) is 9.52. The molecule has 0 amide bonds. The molecule has 0 bridgehead atoms. The van der Waals surface area contributed by atoms with E-state index in [-0.39, 0.29) is 0 Å². The number of hydrogen-bond donors (Lipinski definition) is 0. The van der Waals surface area contributed by atoms with Crippen LogP contribution in [0.3, 0.4) is 0 Å². The van der Waals surface area contributed by atoms with Gasteiger partial charge in [0.05, 0.1) is 6.10 Å².